The zero-order chi connectivity index (χ0) is 22.2. The van der Waals surface area contributed by atoms with Crippen LogP contribution in [0.1, 0.15) is 17.2 Å². The fourth-order valence-electron chi connectivity index (χ4n) is 2.65. The molecular formula is C19H24F3N3O4S. The summed E-state index contributed by atoms with van der Waals surface area (Å²) < 4.78 is 74.7. The minimum atomic E-state index is -4.75. The Balaban J connectivity index is 1.95. The van der Waals surface area contributed by atoms with Gasteiger partial charge in [0, 0.05) is 32.5 Å². The summed E-state index contributed by atoms with van der Waals surface area (Å²) in [6.07, 6.45) is -2.76. The highest BCUT2D eigenvalue weighted by molar-refractivity contribution is 7.88. The largest absolute Gasteiger partial charge is 0.471 e. The van der Waals surface area contributed by atoms with Crippen LogP contribution >= 0.6 is 0 Å². The van der Waals surface area contributed by atoms with E-state index < -0.39 is 22.2 Å². The zero-order valence-electron chi connectivity index (χ0n) is 16.5. The predicted molar refractivity (Wildman–Crippen MR) is 105 cm³/mol. The van der Waals surface area contributed by atoms with Gasteiger partial charge >= 0.3 is 6.18 Å². The van der Waals surface area contributed by atoms with Crippen LogP contribution in [-0.4, -0.2) is 52.2 Å². The summed E-state index contributed by atoms with van der Waals surface area (Å²) in [6.45, 7) is 1.13. The number of hydrogen-bond acceptors (Lipinski definition) is 6. The van der Waals surface area contributed by atoms with E-state index in [1.54, 1.807) is 36.2 Å². The van der Waals surface area contributed by atoms with Crippen LogP contribution in [0.4, 0.5) is 13.2 Å². The Hall–Kier alpha value is -2.21. The van der Waals surface area contributed by atoms with Crippen molar-refractivity contribution in [2.45, 2.75) is 24.9 Å². The van der Waals surface area contributed by atoms with Gasteiger partial charge < -0.3 is 14.8 Å². The first-order valence-electron chi connectivity index (χ1n) is 8.98. The molecule has 0 saturated heterocycles. The fraction of sp³-hybridized carbons (Fsp3) is 0.421. The Morgan fingerprint density at radius 1 is 1.13 bits per heavy atom. The zero-order valence-corrected chi connectivity index (χ0v) is 17.3. The average Bonchev–Trinajstić information content (AvgIpc) is 2.66. The van der Waals surface area contributed by atoms with Crippen molar-refractivity contribution >= 4 is 10.0 Å². The lowest BCUT2D eigenvalue weighted by Gasteiger charge is -2.21. The average molecular weight is 447 g/mol. The third kappa shape index (κ3) is 8.27. The van der Waals surface area contributed by atoms with E-state index in [0.717, 1.165) is 5.56 Å². The number of halogens is 3. The second kappa shape index (κ2) is 10.7. The second-order valence-corrected chi connectivity index (χ2v) is 8.38. The predicted octanol–water partition coefficient (Wildman–Crippen LogP) is 2.42. The molecule has 0 aliphatic carbocycles. The molecule has 2 rings (SSSR count). The molecule has 0 spiro atoms. The highest BCUT2D eigenvalue weighted by atomic mass is 32.2. The van der Waals surface area contributed by atoms with Gasteiger partial charge in [0.1, 0.15) is 12.1 Å². The SMILES string of the molecule is COC[C@H](CNCc1ccc([C@H](NS(C)(=O)=O)C(F)(F)F)cc1)Oc1ccccn1. The molecule has 0 aliphatic rings. The molecule has 30 heavy (non-hydrogen) atoms. The lowest BCUT2D eigenvalue weighted by Crippen LogP contribution is -2.37. The fourth-order valence-corrected chi connectivity index (χ4v) is 3.35. The number of benzene rings is 1. The van der Waals surface area contributed by atoms with Gasteiger partial charge in [0.2, 0.25) is 15.9 Å². The molecule has 2 N–H and O–H groups in total. The van der Waals surface area contributed by atoms with E-state index in [9.17, 15) is 21.6 Å². The summed E-state index contributed by atoms with van der Waals surface area (Å²) in [5.74, 6) is 0.460. The molecule has 7 nitrogen and oxygen atoms in total. The second-order valence-electron chi connectivity index (χ2n) is 6.60. The quantitative estimate of drug-likeness (QED) is 0.550. The van der Waals surface area contributed by atoms with Crippen LogP contribution in [0.2, 0.25) is 0 Å². The Kier molecular flexibility index (Phi) is 8.59. The van der Waals surface area contributed by atoms with E-state index in [2.05, 4.69) is 10.3 Å². The van der Waals surface area contributed by atoms with Gasteiger partial charge in [-0.25, -0.2) is 13.4 Å². The third-order valence-electron chi connectivity index (χ3n) is 3.95. The van der Waals surface area contributed by atoms with Gasteiger partial charge in [-0.15, -0.1) is 0 Å². The van der Waals surface area contributed by atoms with Gasteiger partial charge in [0.05, 0.1) is 12.9 Å². The Bertz CT molecular complexity index is 878. The first-order valence-corrected chi connectivity index (χ1v) is 10.9. The minimum Gasteiger partial charge on any atom is -0.471 e. The van der Waals surface area contributed by atoms with Gasteiger partial charge in [-0.05, 0) is 17.2 Å². The number of pyridine rings is 1. The summed E-state index contributed by atoms with van der Waals surface area (Å²) in [4.78, 5) is 4.09. The smallest absolute Gasteiger partial charge is 0.408 e. The van der Waals surface area contributed by atoms with Crippen molar-refractivity contribution in [1.29, 1.82) is 0 Å². The molecule has 0 unspecified atom stereocenters. The van der Waals surface area contributed by atoms with E-state index in [0.29, 0.717) is 31.8 Å². The normalized spacial score (nSPS) is 14.3. The minimum absolute atomic E-state index is 0.188. The molecule has 2 aromatic rings. The van der Waals surface area contributed by atoms with E-state index in [-0.39, 0.29) is 11.7 Å². The molecule has 1 aromatic heterocycles. The first-order chi connectivity index (χ1) is 14.1. The monoisotopic (exact) mass is 447 g/mol. The standard InChI is InChI=1S/C19H24F3N3O4S/c1-28-13-16(29-17-5-3-4-10-24-17)12-23-11-14-6-8-15(9-7-14)18(19(20,21)22)25-30(2,26)27/h3-10,16,18,23,25H,11-13H2,1-2H3/t16-,18-/m0/s1. The molecule has 0 fully saturated rings. The van der Waals surface area contributed by atoms with E-state index in [1.165, 1.54) is 24.3 Å². The number of ether oxygens (including phenoxy) is 2. The highest BCUT2D eigenvalue weighted by Crippen LogP contribution is 2.33. The summed E-state index contributed by atoms with van der Waals surface area (Å²) in [5.41, 5.74) is 0.542. The number of nitrogens with one attached hydrogen (secondary N) is 2. The Morgan fingerprint density at radius 2 is 1.83 bits per heavy atom. The van der Waals surface area contributed by atoms with Crippen LogP contribution in [0.3, 0.4) is 0 Å². The molecule has 166 valence electrons. The number of alkyl halides is 3. The van der Waals surface area contributed by atoms with Gasteiger partial charge in [-0.2, -0.15) is 17.9 Å². The molecule has 0 radical (unpaired) electrons. The number of hydrogen-bond donors (Lipinski definition) is 2. The molecule has 0 bridgehead atoms. The summed E-state index contributed by atoms with van der Waals surface area (Å²) in [6, 6.07) is 8.53. The van der Waals surface area contributed by atoms with Crippen LogP contribution in [0.25, 0.3) is 0 Å². The van der Waals surface area contributed by atoms with Gasteiger partial charge in [0.25, 0.3) is 0 Å². The molecule has 1 aromatic carbocycles. The molecule has 0 aliphatic heterocycles. The lowest BCUT2D eigenvalue weighted by atomic mass is 10.1. The van der Waals surface area contributed by atoms with Crippen LogP contribution in [0.15, 0.2) is 48.7 Å². The first kappa shape index (κ1) is 24.1. The molecule has 0 saturated carbocycles. The maximum absolute atomic E-state index is 13.2. The number of aromatic nitrogens is 1. The maximum Gasteiger partial charge on any atom is 0.408 e. The van der Waals surface area contributed by atoms with E-state index in [1.807, 2.05) is 0 Å². The van der Waals surface area contributed by atoms with Crippen molar-refractivity contribution in [3.05, 3.63) is 59.8 Å². The summed E-state index contributed by atoms with van der Waals surface area (Å²) in [5, 5.41) is 3.16. The van der Waals surface area contributed by atoms with Crippen LogP contribution in [0, 0.1) is 0 Å². The molecule has 1 heterocycles. The van der Waals surface area contributed by atoms with E-state index in [4.69, 9.17) is 9.47 Å². The van der Waals surface area contributed by atoms with Crippen molar-refractivity contribution < 1.29 is 31.1 Å². The Morgan fingerprint density at radius 3 is 2.37 bits per heavy atom. The van der Waals surface area contributed by atoms with Crippen LogP contribution in [0.5, 0.6) is 5.88 Å². The number of nitrogens with zero attached hydrogens (tertiary/aromatic N) is 1. The van der Waals surface area contributed by atoms with Gasteiger partial charge in [0.15, 0.2) is 0 Å². The number of rotatable bonds is 11. The topological polar surface area (TPSA) is 89.6 Å². The molecular weight excluding hydrogens is 423 g/mol. The van der Waals surface area contributed by atoms with Gasteiger partial charge in [-0.3, -0.25) is 0 Å². The molecule has 11 heteroatoms. The third-order valence-corrected chi connectivity index (χ3v) is 4.62. The maximum atomic E-state index is 13.2. The highest BCUT2D eigenvalue weighted by Gasteiger charge is 2.42. The summed E-state index contributed by atoms with van der Waals surface area (Å²) >= 11 is 0. The lowest BCUT2D eigenvalue weighted by molar-refractivity contribution is -0.153. The molecule has 0 amide bonds. The summed E-state index contributed by atoms with van der Waals surface area (Å²) in [7, 11) is -2.48. The molecule has 2 atom stereocenters. The number of methoxy groups -OCH3 is 1. The van der Waals surface area contributed by atoms with Crippen LogP contribution in [-0.2, 0) is 21.3 Å². The van der Waals surface area contributed by atoms with Crippen molar-refractivity contribution in [3.8, 4) is 5.88 Å². The van der Waals surface area contributed by atoms with Crippen molar-refractivity contribution in [3.63, 3.8) is 0 Å². The Labute approximate surface area is 173 Å². The van der Waals surface area contributed by atoms with E-state index >= 15 is 0 Å². The van der Waals surface area contributed by atoms with Crippen molar-refractivity contribution in [1.82, 2.24) is 15.0 Å². The van der Waals surface area contributed by atoms with Crippen molar-refractivity contribution in [2.75, 3.05) is 26.5 Å². The van der Waals surface area contributed by atoms with Crippen molar-refractivity contribution in [2.24, 2.45) is 0 Å². The number of sulfonamides is 1. The van der Waals surface area contributed by atoms with Crippen LogP contribution < -0.4 is 14.8 Å². The van der Waals surface area contributed by atoms with Gasteiger partial charge in [-0.1, -0.05) is 30.3 Å².